The maximum absolute atomic E-state index is 4.89. The van der Waals surface area contributed by atoms with Gasteiger partial charge in [-0.1, -0.05) is 13.8 Å². The Labute approximate surface area is 122 Å². The van der Waals surface area contributed by atoms with Gasteiger partial charge in [0.2, 0.25) is 0 Å². The molecule has 2 heterocycles. The maximum atomic E-state index is 4.89. The minimum Gasteiger partial charge on any atom is -0.309 e. The van der Waals surface area contributed by atoms with Crippen molar-refractivity contribution >= 4 is 22.7 Å². The number of nitrogens with one attached hydrogen (secondary N) is 1. The fourth-order valence-corrected chi connectivity index (χ4v) is 4.87. The third-order valence-corrected chi connectivity index (χ3v) is 6.23. The Bertz CT molecular complexity index is 556. The summed E-state index contributed by atoms with van der Waals surface area (Å²) in [6.07, 6.45) is 4.79. The second kappa shape index (κ2) is 5.73. The number of hydrogen-bond acceptors (Lipinski definition) is 4. The van der Waals surface area contributed by atoms with Crippen LogP contribution in [0.1, 0.15) is 48.2 Å². The third-order valence-electron chi connectivity index (χ3n) is 3.62. The van der Waals surface area contributed by atoms with Crippen molar-refractivity contribution in [2.75, 3.05) is 6.54 Å². The van der Waals surface area contributed by atoms with E-state index in [1.54, 1.807) is 0 Å². The lowest BCUT2D eigenvalue weighted by atomic mass is 9.98. The number of aromatic nitrogens is 1. The van der Waals surface area contributed by atoms with Crippen molar-refractivity contribution in [1.82, 2.24) is 10.3 Å². The number of hydrogen-bond donors (Lipinski definition) is 1. The normalized spacial score (nSPS) is 18.5. The van der Waals surface area contributed by atoms with Crippen LogP contribution < -0.4 is 5.32 Å². The first-order chi connectivity index (χ1) is 9.31. The first-order valence-electron chi connectivity index (χ1n) is 7.13. The molecule has 0 saturated heterocycles. The molecule has 1 unspecified atom stereocenters. The zero-order chi connectivity index (χ0) is 13.2. The molecule has 0 amide bonds. The Morgan fingerprint density at radius 2 is 2.21 bits per heavy atom. The molecule has 0 radical (unpaired) electrons. The first kappa shape index (κ1) is 13.3. The first-order valence-corrected chi connectivity index (χ1v) is 8.77. The summed E-state index contributed by atoms with van der Waals surface area (Å²) in [6, 6.07) is 5.00. The van der Waals surface area contributed by atoms with Crippen LogP contribution in [0.3, 0.4) is 0 Å². The number of fused-ring (bicyclic) bond motifs is 1. The van der Waals surface area contributed by atoms with Gasteiger partial charge in [0, 0.05) is 15.8 Å². The average molecular weight is 292 g/mol. The highest BCUT2D eigenvalue weighted by atomic mass is 32.1. The van der Waals surface area contributed by atoms with Crippen LogP contribution in [0.5, 0.6) is 0 Å². The van der Waals surface area contributed by atoms with E-state index in [0.29, 0.717) is 6.04 Å². The summed E-state index contributed by atoms with van der Waals surface area (Å²) in [4.78, 5) is 9.16. The zero-order valence-electron chi connectivity index (χ0n) is 11.5. The van der Waals surface area contributed by atoms with E-state index in [4.69, 9.17) is 4.98 Å². The summed E-state index contributed by atoms with van der Waals surface area (Å²) < 4.78 is 0. The van der Waals surface area contributed by atoms with E-state index >= 15 is 0 Å². The van der Waals surface area contributed by atoms with Crippen molar-refractivity contribution in [3.05, 3.63) is 27.6 Å². The molecule has 1 aliphatic carbocycles. The van der Waals surface area contributed by atoms with E-state index in [2.05, 4.69) is 31.3 Å². The van der Waals surface area contributed by atoms with Gasteiger partial charge in [-0.2, -0.15) is 0 Å². The number of thiazole rings is 1. The average Bonchev–Trinajstić information content (AvgIpc) is 3.05. The summed E-state index contributed by atoms with van der Waals surface area (Å²) in [7, 11) is 0. The summed E-state index contributed by atoms with van der Waals surface area (Å²) in [5.41, 5.74) is 1.34. The molecule has 19 heavy (non-hydrogen) atoms. The highest BCUT2D eigenvalue weighted by molar-refractivity contribution is 7.21. The highest BCUT2D eigenvalue weighted by Gasteiger charge is 2.24. The smallest absolute Gasteiger partial charge is 0.133 e. The SMILES string of the molecule is CCNC1CCCc2nc(-c3ccc(CC)s3)sc21. The van der Waals surface area contributed by atoms with Gasteiger partial charge in [0.15, 0.2) is 0 Å². The summed E-state index contributed by atoms with van der Waals surface area (Å²) in [6.45, 7) is 5.43. The summed E-state index contributed by atoms with van der Waals surface area (Å²) in [5, 5.41) is 4.82. The molecule has 0 saturated carbocycles. The molecule has 0 bridgehead atoms. The third kappa shape index (κ3) is 2.62. The number of rotatable bonds is 4. The Morgan fingerprint density at radius 1 is 1.32 bits per heavy atom. The molecule has 0 spiro atoms. The lowest BCUT2D eigenvalue weighted by molar-refractivity contribution is 0.476. The molecule has 102 valence electrons. The Kier molecular flexibility index (Phi) is 4.01. The minimum atomic E-state index is 0.533. The Balaban J connectivity index is 1.92. The van der Waals surface area contributed by atoms with Gasteiger partial charge in [0.25, 0.3) is 0 Å². The standard InChI is InChI=1S/C15H20N2S2/c1-3-10-8-9-13(18-10)15-17-12-7-5-6-11(16-4-2)14(12)19-15/h8-9,11,16H,3-7H2,1-2H3. The van der Waals surface area contributed by atoms with Crippen LogP contribution >= 0.6 is 22.7 Å². The van der Waals surface area contributed by atoms with Gasteiger partial charge >= 0.3 is 0 Å². The molecule has 1 atom stereocenters. The molecular formula is C15H20N2S2. The van der Waals surface area contributed by atoms with E-state index in [1.165, 1.54) is 38.2 Å². The van der Waals surface area contributed by atoms with Crippen LogP contribution in [-0.2, 0) is 12.8 Å². The monoisotopic (exact) mass is 292 g/mol. The van der Waals surface area contributed by atoms with Crippen molar-refractivity contribution in [2.24, 2.45) is 0 Å². The number of nitrogens with zero attached hydrogens (tertiary/aromatic N) is 1. The lowest BCUT2D eigenvalue weighted by Gasteiger charge is -2.21. The van der Waals surface area contributed by atoms with E-state index in [1.807, 2.05) is 22.7 Å². The Hall–Kier alpha value is -0.710. The van der Waals surface area contributed by atoms with Crippen LogP contribution in [0, 0.1) is 0 Å². The second-order valence-corrected chi connectivity index (χ2v) is 7.15. The molecule has 1 aliphatic rings. The maximum Gasteiger partial charge on any atom is 0.133 e. The molecule has 2 aromatic heterocycles. The van der Waals surface area contributed by atoms with E-state index < -0.39 is 0 Å². The van der Waals surface area contributed by atoms with E-state index in [9.17, 15) is 0 Å². The van der Waals surface area contributed by atoms with Gasteiger partial charge in [-0.25, -0.2) is 4.98 Å². The topological polar surface area (TPSA) is 24.9 Å². The predicted octanol–water partition coefficient (Wildman–Crippen LogP) is 4.42. The van der Waals surface area contributed by atoms with Crippen LogP contribution in [0.15, 0.2) is 12.1 Å². The molecule has 1 N–H and O–H groups in total. The fourth-order valence-electron chi connectivity index (χ4n) is 2.65. The zero-order valence-corrected chi connectivity index (χ0v) is 13.2. The van der Waals surface area contributed by atoms with Gasteiger partial charge in [0.05, 0.1) is 10.6 Å². The van der Waals surface area contributed by atoms with Gasteiger partial charge in [-0.15, -0.1) is 22.7 Å². The Morgan fingerprint density at radius 3 is 2.95 bits per heavy atom. The van der Waals surface area contributed by atoms with Crippen LogP contribution in [0.25, 0.3) is 9.88 Å². The summed E-state index contributed by atoms with van der Waals surface area (Å²) >= 11 is 3.79. The lowest BCUT2D eigenvalue weighted by Crippen LogP contribution is -2.23. The highest BCUT2D eigenvalue weighted by Crippen LogP contribution is 2.39. The van der Waals surface area contributed by atoms with Crippen molar-refractivity contribution in [3.8, 4) is 9.88 Å². The largest absolute Gasteiger partial charge is 0.309 e. The van der Waals surface area contributed by atoms with Crippen LogP contribution in [0.2, 0.25) is 0 Å². The van der Waals surface area contributed by atoms with Crippen molar-refractivity contribution < 1.29 is 0 Å². The van der Waals surface area contributed by atoms with Crippen molar-refractivity contribution in [2.45, 2.75) is 45.6 Å². The second-order valence-electron chi connectivity index (χ2n) is 4.95. The van der Waals surface area contributed by atoms with E-state index in [0.717, 1.165) is 19.4 Å². The van der Waals surface area contributed by atoms with Gasteiger partial charge in [-0.3, -0.25) is 0 Å². The molecule has 2 aromatic rings. The van der Waals surface area contributed by atoms with Gasteiger partial charge in [-0.05, 0) is 44.4 Å². The number of thiophene rings is 1. The molecule has 2 nitrogen and oxygen atoms in total. The van der Waals surface area contributed by atoms with Crippen LogP contribution in [-0.4, -0.2) is 11.5 Å². The quantitative estimate of drug-likeness (QED) is 0.902. The molecular weight excluding hydrogens is 272 g/mol. The van der Waals surface area contributed by atoms with Gasteiger partial charge < -0.3 is 5.32 Å². The molecule has 0 aliphatic heterocycles. The molecule has 0 aromatic carbocycles. The van der Waals surface area contributed by atoms with Gasteiger partial charge in [0.1, 0.15) is 5.01 Å². The van der Waals surface area contributed by atoms with E-state index in [-0.39, 0.29) is 0 Å². The number of aryl methyl sites for hydroxylation is 2. The molecule has 0 fully saturated rings. The predicted molar refractivity (Wildman–Crippen MR) is 84.2 cm³/mol. The molecule has 3 rings (SSSR count). The summed E-state index contributed by atoms with van der Waals surface area (Å²) in [5.74, 6) is 0. The molecule has 4 heteroatoms. The van der Waals surface area contributed by atoms with Crippen LogP contribution in [0.4, 0.5) is 0 Å². The van der Waals surface area contributed by atoms with Crippen molar-refractivity contribution in [1.29, 1.82) is 0 Å². The minimum absolute atomic E-state index is 0.533. The fraction of sp³-hybridized carbons (Fsp3) is 0.533. The van der Waals surface area contributed by atoms with Crippen molar-refractivity contribution in [3.63, 3.8) is 0 Å².